The Morgan fingerprint density at radius 1 is 1.47 bits per heavy atom. The van der Waals surface area contributed by atoms with Crippen LogP contribution in [0.15, 0.2) is 18.2 Å². The lowest BCUT2D eigenvalue weighted by atomic mass is 9.99. The summed E-state index contributed by atoms with van der Waals surface area (Å²) in [5.74, 6) is 3.56. The summed E-state index contributed by atoms with van der Waals surface area (Å²) in [5.41, 5.74) is 1.11. The molecule has 1 N–H and O–H groups in total. The fourth-order valence-electron chi connectivity index (χ4n) is 2.07. The lowest BCUT2D eigenvalue weighted by molar-refractivity contribution is 0.393. The second-order valence-corrected chi connectivity index (χ2v) is 4.93. The van der Waals surface area contributed by atoms with Gasteiger partial charge in [0.1, 0.15) is 5.75 Å². The van der Waals surface area contributed by atoms with Gasteiger partial charge in [0.05, 0.1) is 7.11 Å². The van der Waals surface area contributed by atoms with Gasteiger partial charge in [0, 0.05) is 23.0 Å². The van der Waals surface area contributed by atoms with Gasteiger partial charge in [-0.3, -0.25) is 0 Å². The Kier molecular flexibility index (Phi) is 7.40. The molecule has 2 nitrogen and oxygen atoms in total. The van der Waals surface area contributed by atoms with E-state index < -0.39 is 0 Å². The van der Waals surface area contributed by atoms with Crippen molar-refractivity contribution in [1.29, 1.82) is 0 Å². The topological polar surface area (TPSA) is 21.3 Å². The van der Waals surface area contributed by atoms with E-state index >= 15 is 0 Å². The summed E-state index contributed by atoms with van der Waals surface area (Å²) in [7, 11) is 1.69. The second-order valence-electron chi connectivity index (χ2n) is 4.49. The van der Waals surface area contributed by atoms with E-state index in [0.717, 1.165) is 48.6 Å². The van der Waals surface area contributed by atoms with Crippen molar-refractivity contribution in [2.75, 3.05) is 13.7 Å². The Labute approximate surface area is 121 Å². The maximum Gasteiger partial charge on any atom is 0.123 e. The molecule has 1 unspecified atom stereocenters. The highest BCUT2D eigenvalue weighted by atomic mass is 35.5. The Balaban J connectivity index is 2.88. The summed E-state index contributed by atoms with van der Waals surface area (Å²) in [5, 5.41) is 4.27. The van der Waals surface area contributed by atoms with Gasteiger partial charge in [-0.15, -0.1) is 12.3 Å². The van der Waals surface area contributed by atoms with Crippen LogP contribution in [0.25, 0.3) is 0 Å². The first-order chi connectivity index (χ1) is 9.22. The maximum absolute atomic E-state index is 6.10. The summed E-state index contributed by atoms with van der Waals surface area (Å²) < 4.78 is 5.43. The second kappa shape index (κ2) is 8.85. The zero-order valence-electron chi connectivity index (χ0n) is 11.7. The van der Waals surface area contributed by atoms with Crippen LogP contribution in [0.4, 0.5) is 0 Å². The van der Waals surface area contributed by atoms with E-state index in [-0.39, 0.29) is 6.04 Å². The molecule has 0 fully saturated rings. The lowest BCUT2D eigenvalue weighted by Crippen LogP contribution is -2.22. The summed E-state index contributed by atoms with van der Waals surface area (Å²) in [6.07, 6.45) is 9.19. The average molecular weight is 280 g/mol. The molecule has 0 aliphatic carbocycles. The summed E-state index contributed by atoms with van der Waals surface area (Å²) in [6.45, 7) is 3.12. The number of methoxy groups -OCH3 is 1. The van der Waals surface area contributed by atoms with Crippen LogP contribution in [0, 0.1) is 12.3 Å². The Morgan fingerprint density at radius 2 is 2.26 bits per heavy atom. The quantitative estimate of drug-likeness (QED) is 0.569. The summed E-state index contributed by atoms with van der Waals surface area (Å²) in [4.78, 5) is 0. The Morgan fingerprint density at radius 3 is 2.89 bits per heavy atom. The van der Waals surface area contributed by atoms with Crippen LogP contribution >= 0.6 is 11.6 Å². The first-order valence-electron chi connectivity index (χ1n) is 6.73. The van der Waals surface area contributed by atoms with Crippen molar-refractivity contribution in [3.05, 3.63) is 28.8 Å². The molecule has 0 amide bonds. The highest BCUT2D eigenvalue weighted by Gasteiger charge is 2.15. The third-order valence-corrected chi connectivity index (χ3v) is 3.26. The van der Waals surface area contributed by atoms with E-state index in [4.69, 9.17) is 22.8 Å². The fourth-order valence-corrected chi connectivity index (χ4v) is 2.25. The minimum Gasteiger partial charge on any atom is -0.496 e. The predicted octanol–water partition coefficient (Wildman–Crippen LogP) is 4.19. The smallest absolute Gasteiger partial charge is 0.123 e. The number of hydrogen-bond acceptors (Lipinski definition) is 2. The number of nitrogens with one attached hydrogen (secondary N) is 1. The standard InChI is InChI=1S/C16H22ClNO/c1-4-6-7-8-15(18-11-5-2)14-12-13(17)9-10-16(14)19-3/h1,9-10,12,15,18H,5-8,11H2,2-3H3. The highest BCUT2D eigenvalue weighted by molar-refractivity contribution is 6.30. The van der Waals surface area contributed by atoms with Crippen LogP contribution < -0.4 is 10.1 Å². The van der Waals surface area contributed by atoms with Crippen molar-refractivity contribution in [1.82, 2.24) is 5.32 Å². The van der Waals surface area contributed by atoms with Crippen molar-refractivity contribution < 1.29 is 4.74 Å². The van der Waals surface area contributed by atoms with Crippen LogP contribution in [0.3, 0.4) is 0 Å². The van der Waals surface area contributed by atoms with Gasteiger partial charge in [0.2, 0.25) is 0 Å². The number of unbranched alkanes of at least 4 members (excludes halogenated alkanes) is 1. The minimum absolute atomic E-state index is 0.238. The van der Waals surface area contributed by atoms with Crippen molar-refractivity contribution >= 4 is 11.6 Å². The lowest BCUT2D eigenvalue weighted by Gasteiger charge is -2.21. The van der Waals surface area contributed by atoms with Crippen LogP contribution in [0.1, 0.15) is 44.2 Å². The molecule has 0 aromatic heterocycles. The van der Waals surface area contributed by atoms with Crippen molar-refractivity contribution in [2.24, 2.45) is 0 Å². The number of ether oxygens (including phenoxy) is 1. The summed E-state index contributed by atoms with van der Waals surface area (Å²) in [6, 6.07) is 5.98. The molecule has 1 atom stereocenters. The molecule has 0 aliphatic heterocycles. The largest absolute Gasteiger partial charge is 0.496 e. The fraction of sp³-hybridized carbons (Fsp3) is 0.500. The molecule has 1 aromatic rings. The molecule has 3 heteroatoms. The SMILES string of the molecule is C#CCCCC(NCCC)c1cc(Cl)ccc1OC. The normalized spacial score (nSPS) is 11.9. The van der Waals surface area contributed by atoms with Gasteiger partial charge in [0.15, 0.2) is 0 Å². The molecule has 1 aromatic carbocycles. The van der Waals surface area contributed by atoms with Crippen molar-refractivity contribution in [3.8, 4) is 18.1 Å². The number of terminal acetylenes is 1. The molecule has 0 heterocycles. The van der Waals surface area contributed by atoms with E-state index in [1.165, 1.54) is 0 Å². The van der Waals surface area contributed by atoms with E-state index in [9.17, 15) is 0 Å². The molecule has 104 valence electrons. The van der Waals surface area contributed by atoms with Crippen molar-refractivity contribution in [2.45, 2.75) is 38.6 Å². The maximum atomic E-state index is 6.10. The Bertz CT molecular complexity index is 425. The zero-order chi connectivity index (χ0) is 14.1. The number of halogens is 1. The average Bonchev–Trinajstić information content (AvgIpc) is 2.42. The van der Waals surface area contributed by atoms with Gasteiger partial charge < -0.3 is 10.1 Å². The molecule has 1 rings (SSSR count). The van der Waals surface area contributed by atoms with E-state index in [1.54, 1.807) is 7.11 Å². The molecule has 19 heavy (non-hydrogen) atoms. The molecule has 0 bridgehead atoms. The molecular weight excluding hydrogens is 258 g/mol. The van der Waals surface area contributed by atoms with E-state index in [0.29, 0.717) is 0 Å². The molecular formula is C16H22ClNO. The molecule has 0 aliphatic rings. The number of benzene rings is 1. The van der Waals surface area contributed by atoms with Gasteiger partial charge in [-0.2, -0.15) is 0 Å². The zero-order valence-corrected chi connectivity index (χ0v) is 12.5. The third-order valence-electron chi connectivity index (χ3n) is 3.02. The monoisotopic (exact) mass is 279 g/mol. The predicted molar refractivity (Wildman–Crippen MR) is 81.7 cm³/mol. The van der Waals surface area contributed by atoms with Gasteiger partial charge >= 0.3 is 0 Å². The first kappa shape index (κ1) is 15.9. The van der Waals surface area contributed by atoms with Crippen LogP contribution in [0.5, 0.6) is 5.75 Å². The highest BCUT2D eigenvalue weighted by Crippen LogP contribution is 2.31. The minimum atomic E-state index is 0.238. The van der Waals surface area contributed by atoms with Crippen molar-refractivity contribution in [3.63, 3.8) is 0 Å². The van der Waals surface area contributed by atoms with Gasteiger partial charge in [-0.05, 0) is 44.0 Å². The molecule has 0 saturated carbocycles. The molecule has 0 spiro atoms. The summed E-state index contributed by atoms with van der Waals surface area (Å²) >= 11 is 6.10. The van der Waals surface area contributed by atoms with Crippen LogP contribution in [-0.2, 0) is 0 Å². The Hall–Kier alpha value is -1.17. The number of rotatable bonds is 8. The van der Waals surface area contributed by atoms with E-state index in [1.807, 2.05) is 18.2 Å². The molecule has 0 saturated heterocycles. The van der Waals surface area contributed by atoms with Crippen LogP contribution in [0.2, 0.25) is 5.02 Å². The van der Waals surface area contributed by atoms with Gasteiger partial charge in [-0.1, -0.05) is 18.5 Å². The third kappa shape index (κ3) is 5.14. The van der Waals surface area contributed by atoms with Gasteiger partial charge in [-0.25, -0.2) is 0 Å². The van der Waals surface area contributed by atoms with Gasteiger partial charge in [0.25, 0.3) is 0 Å². The van der Waals surface area contributed by atoms with E-state index in [2.05, 4.69) is 18.2 Å². The first-order valence-corrected chi connectivity index (χ1v) is 7.11. The van der Waals surface area contributed by atoms with Crippen LogP contribution in [-0.4, -0.2) is 13.7 Å². The molecule has 0 radical (unpaired) electrons. The number of hydrogen-bond donors (Lipinski definition) is 1.